The van der Waals surface area contributed by atoms with Gasteiger partial charge in [-0.3, -0.25) is 0 Å². The lowest BCUT2D eigenvalue weighted by molar-refractivity contribution is 0.797. The SMILES string of the molecule is Nc1nc(NCc2ccsc2)nc(-n2cncn2)n1. The molecule has 96 valence electrons. The Kier molecular flexibility index (Phi) is 3.02. The highest BCUT2D eigenvalue weighted by molar-refractivity contribution is 7.07. The zero-order valence-corrected chi connectivity index (χ0v) is 10.6. The van der Waals surface area contributed by atoms with Crippen molar-refractivity contribution in [2.45, 2.75) is 6.54 Å². The van der Waals surface area contributed by atoms with E-state index >= 15 is 0 Å². The van der Waals surface area contributed by atoms with Gasteiger partial charge in [-0.15, -0.1) is 0 Å². The second-order valence-corrected chi connectivity index (χ2v) is 4.42. The van der Waals surface area contributed by atoms with E-state index in [2.05, 4.69) is 35.7 Å². The first-order valence-corrected chi connectivity index (χ1v) is 6.37. The van der Waals surface area contributed by atoms with Crippen LogP contribution in [-0.4, -0.2) is 29.7 Å². The minimum Gasteiger partial charge on any atom is -0.368 e. The number of nitrogens with one attached hydrogen (secondary N) is 1. The van der Waals surface area contributed by atoms with Crippen molar-refractivity contribution in [2.24, 2.45) is 0 Å². The maximum Gasteiger partial charge on any atom is 0.258 e. The maximum atomic E-state index is 5.65. The fourth-order valence-corrected chi connectivity index (χ4v) is 2.12. The van der Waals surface area contributed by atoms with E-state index in [4.69, 9.17) is 5.73 Å². The number of anilines is 2. The van der Waals surface area contributed by atoms with Crippen LogP contribution in [0.2, 0.25) is 0 Å². The first-order chi connectivity index (χ1) is 9.31. The Balaban J connectivity index is 1.82. The summed E-state index contributed by atoms with van der Waals surface area (Å²) in [6.07, 6.45) is 2.90. The van der Waals surface area contributed by atoms with Gasteiger partial charge in [-0.1, -0.05) is 0 Å². The van der Waals surface area contributed by atoms with E-state index in [9.17, 15) is 0 Å². The van der Waals surface area contributed by atoms with Gasteiger partial charge in [0.25, 0.3) is 5.95 Å². The largest absolute Gasteiger partial charge is 0.368 e. The molecule has 0 fully saturated rings. The van der Waals surface area contributed by atoms with Gasteiger partial charge in [-0.05, 0) is 22.4 Å². The van der Waals surface area contributed by atoms with E-state index < -0.39 is 0 Å². The molecule has 0 atom stereocenters. The molecule has 8 nitrogen and oxygen atoms in total. The number of nitrogen functional groups attached to an aromatic ring is 1. The van der Waals surface area contributed by atoms with Crippen molar-refractivity contribution < 1.29 is 0 Å². The summed E-state index contributed by atoms with van der Waals surface area (Å²) in [6.45, 7) is 0.629. The summed E-state index contributed by atoms with van der Waals surface area (Å²) in [5.41, 5.74) is 6.81. The zero-order valence-electron chi connectivity index (χ0n) is 9.76. The third kappa shape index (κ3) is 2.65. The van der Waals surface area contributed by atoms with Gasteiger partial charge in [0, 0.05) is 6.54 Å². The van der Waals surface area contributed by atoms with E-state index in [0.717, 1.165) is 5.56 Å². The molecule has 3 heterocycles. The molecular weight excluding hydrogens is 264 g/mol. The first-order valence-electron chi connectivity index (χ1n) is 5.43. The summed E-state index contributed by atoms with van der Waals surface area (Å²) in [4.78, 5) is 16.1. The van der Waals surface area contributed by atoms with Gasteiger partial charge in [0.1, 0.15) is 12.7 Å². The molecule has 0 aliphatic rings. The van der Waals surface area contributed by atoms with Crippen LogP contribution in [-0.2, 0) is 6.54 Å². The number of hydrogen-bond acceptors (Lipinski definition) is 8. The van der Waals surface area contributed by atoms with Crippen molar-refractivity contribution in [1.29, 1.82) is 0 Å². The summed E-state index contributed by atoms with van der Waals surface area (Å²) in [5, 5.41) is 11.1. The molecule has 0 saturated heterocycles. The molecular formula is C10H10N8S. The number of rotatable bonds is 4. The Morgan fingerprint density at radius 1 is 1.32 bits per heavy atom. The maximum absolute atomic E-state index is 5.65. The Morgan fingerprint density at radius 3 is 3.00 bits per heavy atom. The second-order valence-electron chi connectivity index (χ2n) is 3.64. The fourth-order valence-electron chi connectivity index (χ4n) is 1.45. The molecule has 0 aromatic carbocycles. The van der Waals surface area contributed by atoms with Gasteiger partial charge in [-0.25, -0.2) is 4.98 Å². The van der Waals surface area contributed by atoms with Gasteiger partial charge in [0.15, 0.2) is 0 Å². The van der Waals surface area contributed by atoms with E-state index in [1.54, 1.807) is 11.3 Å². The van der Waals surface area contributed by atoms with Crippen LogP contribution in [0.25, 0.3) is 5.95 Å². The zero-order chi connectivity index (χ0) is 13.1. The molecule has 0 amide bonds. The lowest BCUT2D eigenvalue weighted by Crippen LogP contribution is -2.11. The monoisotopic (exact) mass is 274 g/mol. The van der Waals surface area contributed by atoms with Crippen molar-refractivity contribution in [3.05, 3.63) is 35.0 Å². The van der Waals surface area contributed by atoms with Crippen LogP contribution >= 0.6 is 11.3 Å². The summed E-state index contributed by atoms with van der Waals surface area (Å²) >= 11 is 1.64. The van der Waals surface area contributed by atoms with Crippen molar-refractivity contribution in [3.63, 3.8) is 0 Å². The number of nitrogens with zero attached hydrogens (tertiary/aromatic N) is 6. The van der Waals surface area contributed by atoms with Crippen molar-refractivity contribution in [2.75, 3.05) is 11.1 Å². The van der Waals surface area contributed by atoms with Crippen LogP contribution in [0.4, 0.5) is 11.9 Å². The van der Waals surface area contributed by atoms with Gasteiger partial charge >= 0.3 is 0 Å². The van der Waals surface area contributed by atoms with Crippen LogP contribution in [0, 0.1) is 0 Å². The van der Waals surface area contributed by atoms with Crippen LogP contribution < -0.4 is 11.1 Å². The average molecular weight is 274 g/mol. The number of hydrogen-bond donors (Lipinski definition) is 2. The summed E-state index contributed by atoms with van der Waals surface area (Å²) in [5.74, 6) is 0.871. The Hall–Kier alpha value is -2.55. The van der Waals surface area contributed by atoms with E-state index in [1.807, 2.05) is 11.4 Å². The smallest absolute Gasteiger partial charge is 0.258 e. The molecule has 3 aromatic rings. The number of thiophene rings is 1. The Morgan fingerprint density at radius 2 is 2.26 bits per heavy atom. The molecule has 3 N–H and O–H groups in total. The second kappa shape index (κ2) is 4.98. The molecule has 0 spiro atoms. The molecule has 0 radical (unpaired) electrons. The predicted octanol–water partition coefficient (Wildman–Crippen LogP) is 0.708. The molecule has 3 rings (SSSR count). The van der Waals surface area contributed by atoms with Crippen LogP contribution in [0.5, 0.6) is 0 Å². The third-order valence-electron chi connectivity index (χ3n) is 2.30. The molecule has 0 aliphatic carbocycles. The number of nitrogens with two attached hydrogens (primary N) is 1. The topological polar surface area (TPSA) is 107 Å². The van der Waals surface area contributed by atoms with Gasteiger partial charge in [0.05, 0.1) is 0 Å². The molecule has 0 aliphatic heterocycles. The van der Waals surface area contributed by atoms with Crippen molar-refractivity contribution >= 4 is 23.2 Å². The van der Waals surface area contributed by atoms with E-state index in [0.29, 0.717) is 18.4 Å². The molecule has 9 heteroatoms. The third-order valence-corrected chi connectivity index (χ3v) is 3.03. The molecule has 0 saturated carbocycles. The lowest BCUT2D eigenvalue weighted by Gasteiger charge is -2.05. The summed E-state index contributed by atoms with van der Waals surface area (Å²) in [6, 6.07) is 2.03. The van der Waals surface area contributed by atoms with Gasteiger partial charge in [-0.2, -0.15) is 36.1 Å². The van der Waals surface area contributed by atoms with Crippen LogP contribution in [0.1, 0.15) is 5.56 Å². The van der Waals surface area contributed by atoms with Gasteiger partial charge in [0.2, 0.25) is 11.9 Å². The standard InChI is InChI=1S/C10H10N8S/c11-8-15-9(13-3-7-1-2-19-4-7)17-10(16-8)18-6-12-5-14-18/h1-2,4-6H,3H2,(H3,11,13,15,16,17). The van der Waals surface area contributed by atoms with Crippen LogP contribution in [0.3, 0.4) is 0 Å². The molecule has 19 heavy (non-hydrogen) atoms. The normalized spacial score (nSPS) is 10.5. The van der Waals surface area contributed by atoms with Crippen LogP contribution in [0.15, 0.2) is 29.5 Å². The molecule has 0 bridgehead atoms. The van der Waals surface area contributed by atoms with E-state index in [-0.39, 0.29) is 5.95 Å². The summed E-state index contributed by atoms with van der Waals surface area (Å²) in [7, 11) is 0. The minimum atomic E-state index is 0.133. The first kappa shape index (κ1) is 11.5. The fraction of sp³-hybridized carbons (Fsp3) is 0.100. The van der Waals surface area contributed by atoms with Crippen molar-refractivity contribution in [1.82, 2.24) is 29.7 Å². The summed E-state index contributed by atoms with van der Waals surface area (Å²) < 4.78 is 1.42. The Bertz CT molecular complexity index is 648. The predicted molar refractivity (Wildman–Crippen MR) is 70.8 cm³/mol. The van der Waals surface area contributed by atoms with Crippen molar-refractivity contribution in [3.8, 4) is 5.95 Å². The lowest BCUT2D eigenvalue weighted by atomic mass is 10.3. The highest BCUT2D eigenvalue weighted by atomic mass is 32.1. The quantitative estimate of drug-likeness (QED) is 0.721. The Labute approximate surface area is 112 Å². The average Bonchev–Trinajstić information content (AvgIpc) is 3.09. The highest BCUT2D eigenvalue weighted by Gasteiger charge is 2.06. The molecule has 0 unspecified atom stereocenters. The van der Waals surface area contributed by atoms with Gasteiger partial charge < -0.3 is 11.1 Å². The highest BCUT2D eigenvalue weighted by Crippen LogP contribution is 2.10. The minimum absolute atomic E-state index is 0.133. The number of aromatic nitrogens is 6. The van der Waals surface area contributed by atoms with E-state index in [1.165, 1.54) is 17.3 Å². The molecule has 3 aromatic heterocycles.